The lowest BCUT2D eigenvalue weighted by atomic mass is 10.2. The van der Waals surface area contributed by atoms with Crippen LogP contribution in [0.15, 0.2) is 0 Å². The Kier molecular flexibility index (Phi) is 4.59. The highest BCUT2D eigenvalue weighted by Crippen LogP contribution is 2.32. The minimum absolute atomic E-state index is 0.184. The minimum Gasteiger partial charge on any atom is -0.475 e. The second-order valence-corrected chi connectivity index (χ2v) is 6.72. The molecule has 0 unspecified atom stereocenters. The summed E-state index contributed by atoms with van der Waals surface area (Å²) in [5, 5.41) is 6.46. The summed E-state index contributed by atoms with van der Waals surface area (Å²) in [6.07, 6.45) is -3.23. The zero-order chi connectivity index (χ0) is 15.8. The number of alkyl carbamates (subject to hydrolysis) is 1. The van der Waals surface area contributed by atoms with Gasteiger partial charge in [-0.25, -0.2) is 18.3 Å². The Labute approximate surface area is 134 Å². The van der Waals surface area contributed by atoms with E-state index in [1.807, 2.05) is 0 Å². The molecule has 1 aliphatic heterocycles. The number of halogens is 3. The van der Waals surface area contributed by atoms with Gasteiger partial charge in [0.05, 0.1) is 12.6 Å². The molecule has 6 nitrogen and oxygen atoms in total. The Morgan fingerprint density at radius 2 is 2.24 bits per heavy atom. The topological polar surface area (TPSA) is 65.4 Å². The normalized spacial score (nSPS) is 18.1. The molecule has 0 saturated carbocycles. The zero-order valence-electron chi connectivity index (χ0n) is 11.8. The number of hydrogen-bond acceptors (Lipinski definition) is 4. The Bertz CT molecular complexity index is 543. The minimum atomic E-state index is -2.66. The SMILES string of the molecule is CC(C)(C)OC(=O)N[C@@H]1COc2c(I)c(C(F)F)nn2C1. The Morgan fingerprint density at radius 3 is 2.81 bits per heavy atom. The van der Waals surface area contributed by atoms with Gasteiger partial charge in [-0.2, -0.15) is 5.10 Å². The average molecular weight is 415 g/mol. The monoisotopic (exact) mass is 415 g/mol. The van der Waals surface area contributed by atoms with Crippen molar-refractivity contribution in [2.45, 2.75) is 45.4 Å². The molecule has 2 heterocycles. The summed E-state index contributed by atoms with van der Waals surface area (Å²) in [4.78, 5) is 11.7. The van der Waals surface area contributed by atoms with Crippen LogP contribution in [0.25, 0.3) is 0 Å². The standard InChI is InChI=1S/C12H16F2IN3O3/c1-12(2,3)21-11(19)16-6-4-18-10(20-5-6)7(15)8(17-18)9(13)14/h6,9H,4-5H2,1-3H3,(H,16,19)/t6-/m0/s1. The maximum Gasteiger partial charge on any atom is 0.408 e. The lowest BCUT2D eigenvalue weighted by Crippen LogP contribution is -2.46. The summed E-state index contributed by atoms with van der Waals surface area (Å²) in [6.45, 7) is 5.72. The summed E-state index contributed by atoms with van der Waals surface area (Å²) >= 11 is 1.78. The summed E-state index contributed by atoms with van der Waals surface area (Å²) in [5.74, 6) is 0.313. The highest BCUT2D eigenvalue weighted by molar-refractivity contribution is 14.1. The highest BCUT2D eigenvalue weighted by Gasteiger charge is 2.30. The van der Waals surface area contributed by atoms with E-state index >= 15 is 0 Å². The van der Waals surface area contributed by atoms with Crippen LogP contribution >= 0.6 is 22.6 Å². The molecule has 0 spiro atoms. The number of hydrogen-bond donors (Lipinski definition) is 1. The fourth-order valence-electron chi connectivity index (χ4n) is 1.85. The van der Waals surface area contributed by atoms with E-state index in [0.717, 1.165) is 0 Å². The van der Waals surface area contributed by atoms with Crippen LogP contribution in [-0.4, -0.2) is 34.1 Å². The Hall–Kier alpha value is -1.13. The summed E-state index contributed by atoms with van der Waals surface area (Å²) in [5.41, 5.74) is -0.905. The van der Waals surface area contributed by atoms with Gasteiger partial charge in [0.25, 0.3) is 6.43 Å². The molecule has 1 N–H and O–H groups in total. The first-order chi connectivity index (χ1) is 9.67. The van der Waals surface area contributed by atoms with Crippen molar-refractivity contribution in [2.24, 2.45) is 0 Å². The molecule has 2 rings (SSSR count). The van der Waals surface area contributed by atoms with Crippen LogP contribution in [0.4, 0.5) is 13.6 Å². The van der Waals surface area contributed by atoms with Crippen molar-refractivity contribution >= 4 is 28.7 Å². The van der Waals surface area contributed by atoms with E-state index in [4.69, 9.17) is 9.47 Å². The number of rotatable bonds is 2. The summed E-state index contributed by atoms with van der Waals surface area (Å²) < 4.78 is 37.8. The maximum absolute atomic E-state index is 12.8. The highest BCUT2D eigenvalue weighted by atomic mass is 127. The number of carbonyl (C=O) groups excluding carboxylic acids is 1. The molecule has 1 amide bonds. The third-order valence-electron chi connectivity index (χ3n) is 2.62. The van der Waals surface area contributed by atoms with Gasteiger partial charge in [-0.3, -0.25) is 0 Å². The average Bonchev–Trinajstić information content (AvgIpc) is 2.64. The molecule has 0 aliphatic carbocycles. The fourth-order valence-corrected chi connectivity index (χ4v) is 2.62. The third kappa shape index (κ3) is 3.95. The largest absolute Gasteiger partial charge is 0.475 e. The molecule has 118 valence electrons. The van der Waals surface area contributed by atoms with E-state index in [1.54, 1.807) is 43.4 Å². The van der Waals surface area contributed by atoms with Crippen LogP contribution in [0.2, 0.25) is 0 Å². The Morgan fingerprint density at radius 1 is 1.57 bits per heavy atom. The maximum atomic E-state index is 12.8. The molecule has 9 heteroatoms. The lowest BCUT2D eigenvalue weighted by molar-refractivity contribution is 0.0460. The van der Waals surface area contributed by atoms with Gasteiger partial charge >= 0.3 is 6.09 Å². The van der Waals surface area contributed by atoms with Crippen LogP contribution in [-0.2, 0) is 11.3 Å². The molecule has 0 radical (unpaired) electrons. The van der Waals surface area contributed by atoms with Crippen molar-refractivity contribution in [2.75, 3.05) is 6.61 Å². The van der Waals surface area contributed by atoms with Gasteiger partial charge in [-0.15, -0.1) is 0 Å². The number of nitrogens with one attached hydrogen (secondary N) is 1. The second kappa shape index (κ2) is 5.93. The van der Waals surface area contributed by atoms with Crippen LogP contribution in [0.5, 0.6) is 5.88 Å². The van der Waals surface area contributed by atoms with Gasteiger partial charge in [0, 0.05) is 0 Å². The van der Waals surface area contributed by atoms with Crippen LogP contribution in [0.1, 0.15) is 32.9 Å². The number of amides is 1. The van der Waals surface area contributed by atoms with Gasteiger partial charge in [0.1, 0.15) is 21.5 Å². The van der Waals surface area contributed by atoms with Gasteiger partial charge < -0.3 is 14.8 Å². The molecule has 0 fully saturated rings. The molecule has 1 atom stereocenters. The fraction of sp³-hybridized carbons (Fsp3) is 0.667. The quantitative estimate of drug-likeness (QED) is 0.755. The predicted octanol–water partition coefficient (Wildman–Crippen LogP) is 2.71. The van der Waals surface area contributed by atoms with E-state index in [2.05, 4.69) is 10.4 Å². The molecule has 21 heavy (non-hydrogen) atoms. The van der Waals surface area contributed by atoms with Crippen LogP contribution in [0.3, 0.4) is 0 Å². The third-order valence-corrected chi connectivity index (χ3v) is 3.63. The molecular formula is C12H16F2IN3O3. The van der Waals surface area contributed by atoms with Crippen LogP contribution in [0, 0.1) is 3.57 Å². The van der Waals surface area contributed by atoms with Crippen molar-refractivity contribution in [1.82, 2.24) is 15.1 Å². The van der Waals surface area contributed by atoms with E-state index in [9.17, 15) is 13.6 Å². The van der Waals surface area contributed by atoms with Crippen molar-refractivity contribution in [3.63, 3.8) is 0 Å². The predicted molar refractivity (Wildman–Crippen MR) is 78.6 cm³/mol. The van der Waals surface area contributed by atoms with E-state index in [0.29, 0.717) is 9.45 Å². The molecule has 1 aromatic heterocycles. The first-order valence-electron chi connectivity index (χ1n) is 6.34. The molecule has 0 saturated heterocycles. The summed E-state index contributed by atoms with van der Waals surface area (Å²) in [6, 6.07) is -0.381. The van der Waals surface area contributed by atoms with Gasteiger partial charge in [0.15, 0.2) is 0 Å². The summed E-state index contributed by atoms with van der Waals surface area (Å²) in [7, 11) is 0. The lowest BCUT2D eigenvalue weighted by Gasteiger charge is -2.27. The van der Waals surface area contributed by atoms with E-state index in [-0.39, 0.29) is 24.9 Å². The number of ether oxygens (including phenoxy) is 2. The molecule has 0 bridgehead atoms. The second-order valence-electron chi connectivity index (χ2n) is 5.64. The first-order valence-corrected chi connectivity index (χ1v) is 7.42. The Balaban J connectivity index is 2.03. The molecular weight excluding hydrogens is 399 g/mol. The molecule has 1 aliphatic rings. The number of alkyl halides is 2. The number of aromatic nitrogens is 2. The van der Waals surface area contributed by atoms with E-state index < -0.39 is 18.1 Å². The van der Waals surface area contributed by atoms with Gasteiger partial charge in [0.2, 0.25) is 5.88 Å². The number of nitrogens with zero attached hydrogens (tertiary/aromatic N) is 2. The number of carbonyl (C=O) groups is 1. The van der Waals surface area contributed by atoms with Crippen molar-refractivity contribution in [3.05, 3.63) is 9.26 Å². The van der Waals surface area contributed by atoms with E-state index in [1.165, 1.54) is 4.68 Å². The first kappa shape index (κ1) is 16.2. The van der Waals surface area contributed by atoms with Gasteiger partial charge in [-0.05, 0) is 43.4 Å². The van der Waals surface area contributed by atoms with Crippen molar-refractivity contribution < 1.29 is 23.0 Å². The van der Waals surface area contributed by atoms with Crippen molar-refractivity contribution in [3.8, 4) is 5.88 Å². The molecule has 0 aromatic carbocycles. The molecule has 1 aromatic rings. The van der Waals surface area contributed by atoms with Crippen molar-refractivity contribution in [1.29, 1.82) is 0 Å². The number of fused-ring (bicyclic) bond motifs is 1. The van der Waals surface area contributed by atoms with Gasteiger partial charge in [-0.1, -0.05) is 0 Å². The smallest absolute Gasteiger partial charge is 0.408 e. The zero-order valence-corrected chi connectivity index (χ0v) is 14.0. The van der Waals surface area contributed by atoms with Crippen LogP contribution < -0.4 is 10.1 Å².